The lowest BCUT2D eigenvalue weighted by Crippen LogP contribution is -2.47. The van der Waals surface area contributed by atoms with Crippen LogP contribution in [0.3, 0.4) is 0 Å². The number of carbonyl (C=O) groups excluding carboxylic acids is 3. The Morgan fingerprint density at radius 2 is 2.00 bits per heavy atom. The van der Waals surface area contributed by atoms with Crippen LogP contribution < -0.4 is 11.1 Å². The smallest absolute Gasteiger partial charge is 0.287 e. The molecular formula is C18H18N6O3. The van der Waals surface area contributed by atoms with Crippen molar-refractivity contribution in [2.75, 3.05) is 0 Å². The first-order valence-electron chi connectivity index (χ1n) is 8.19. The third kappa shape index (κ3) is 3.92. The fourth-order valence-electron chi connectivity index (χ4n) is 2.75. The summed E-state index contributed by atoms with van der Waals surface area (Å²) < 4.78 is 1.64. The SMILES string of the molecule is Cc1ncc(C(=O)NC(Cc2ccc[nH]2)C(=O)C(N)=O)n1-c1ccncc1. The number of hydrogen-bond donors (Lipinski definition) is 3. The van der Waals surface area contributed by atoms with E-state index in [1.165, 1.54) is 6.20 Å². The van der Waals surface area contributed by atoms with E-state index in [2.05, 4.69) is 20.3 Å². The molecule has 3 aromatic rings. The standard InChI is InChI=1S/C18H18N6O3/c1-11-22-10-15(24(11)13-4-7-20-8-5-13)18(27)23-14(16(25)17(19)26)9-12-3-2-6-21-12/h2-8,10,14,21H,9H2,1H3,(H2,19,26)(H,23,27). The average Bonchev–Trinajstić information content (AvgIpc) is 3.30. The summed E-state index contributed by atoms with van der Waals surface area (Å²) in [5.41, 5.74) is 6.75. The molecule has 9 heteroatoms. The number of carbonyl (C=O) groups is 3. The Hall–Kier alpha value is -3.75. The van der Waals surface area contributed by atoms with Gasteiger partial charge in [-0.15, -0.1) is 0 Å². The number of aromatic amines is 1. The number of nitrogens with zero attached hydrogens (tertiary/aromatic N) is 3. The second-order valence-corrected chi connectivity index (χ2v) is 5.89. The molecule has 0 aliphatic heterocycles. The van der Waals surface area contributed by atoms with E-state index in [0.29, 0.717) is 17.2 Å². The molecule has 138 valence electrons. The van der Waals surface area contributed by atoms with Crippen LogP contribution in [0.2, 0.25) is 0 Å². The van der Waals surface area contributed by atoms with Crippen LogP contribution in [0.4, 0.5) is 0 Å². The van der Waals surface area contributed by atoms with Gasteiger partial charge in [0.15, 0.2) is 0 Å². The summed E-state index contributed by atoms with van der Waals surface area (Å²) in [6.45, 7) is 1.75. The first-order valence-corrected chi connectivity index (χ1v) is 8.19. The summed E-state index contributed by atoms with van der Waals surface area (Å²) in [4.78, 5) is 47.4. The van der Waals surface area contributed by atoms with Gasteiger partial charge in [-0.25, -0.2) is 4.98 Å². The average molecular weight is 366 g/mol. The van der Waals surface area contributed by atoms with E-state index in [9.17, 15) is 14.4 Å². The predicted octanol–water partition coefficient (Wildman–Crippen LogP) is 0.299. The zero-order chi connectivity index (χ0) is 19.4. The fourth-order valence-corrected chi connectivity index (χ4v) is 2.75. The van der Waals surface area contributed by atoms with Gasteiger partial charge in [0.05, 0.1) is 11.9 Å². The summed E-state index contributed by atoms with van der Waals surface area (Å²) in [6, 6.07) is 5.88. The third-order valence-corrected chi connectivity index (χ3v) is 4.04. The van der Waals surface area contributed by atoms with Gasteiger partial charge >= 0.3 is 0 Å². The molecule has 9 nitrogen and oxygen atoms in total. The quantitative estimate of drug-likeness (QED) is 0.517. The second kappa shape index (κ2) is 7.65. The Balaban J connectivity index is 1.88. The van der Waals surface area contributed by atoms with Crippen LogP contribution in [0.15, 0.2) is 49.1 Å². The summed E-state index contributed by atoms with van der Waals surface area (Å²) in [6.07, 6.45) is 6.40. The Kier molecular flexibility index (Phi) is 5.11. The number of H-pyrrole nitrogens is 1. The number of imidazole rings is 1. The van der Waals surface area contributed by atoms with Crippen LogP contribution in [0.5, 0.6) is 0 Å². The van der Waals surface area contributed by atoms with Crippen LogP contribution >= 0.6 is 0 Å². The zero-order valence-electron chi connectivity index (χ0n) is 14.5. The number of pyridine rings is 1. The van der Waals surface area contributed by atoms with E-state index < -0.39 is 23.6 Å². The van der Waals surface area contributed by atoms with Gasteiger partial charge in [0.2, 0.25) is 5.78 Å². The van der Waals surface area contributed by atoms with Crippen molar-refractivity contribution in [2.45, 2.75) is 19.4 Å². The molecule has 0 aromatic carbocycles. The molecule has 0 aliphatic carbocycles. The third-order valence-electron chi connectivity index (χ3n) is 4.04. The number of rotatable bonds is 7. The molecular weight excluding hydrogens is 348 g/mol. The monoisotopic (exact) mass is 366 g/mol. The van der Waals surface area contributed by atoms with E-state index in [1.54, 1.807) is 54.3 Å². The molecule has 0 aliphatic rings. The Morgan fingerprint density at radius 3 is 2.63 bits per heavy atom. The van der Waals surface area contributed by atoms with Gasteiger partial charge < -0.3 is 16.0 Å². The minimum atomic E-state index is -1.11. The zero-order valence-corrected chi connectivity index (χ0v) is 14.5. The number of aryl methyl sites for hydroxylation is 1. The lowest BCUT2D eigenvalue weighted by atomic mass is 10.1. The molecule has 0 radical (unpaired) electrons. The van der Waals surface area contributed by atoms with Crippen molar-refractivity contribution in [1.82, 2.24) is 24.8 Å². The first-order chi connectivity index (χ1) is 13.0. The summed E-state index contributed by atoms with van der Waals surface area (Å²) in [5, 5.41) is 2.59. The lowest BCUT2D eigenvalue weighted by Gasteiger charge is -2.17. The minimum absolute atomic E-state index is 0.114. The lowest BCUT2D eigenvalue weighted by molar-refractivity contribution is -0.137. The molecule has 0 spiro atoms. The topological polar surface area (TPSA) is 136 Å². The predicted molar refractivity (Wildman–Crippen MR) is 96.0 cm³/mol. The van der Waals surface area contributed by atoms with Gasteiger partial charge in [0.25, 0.3) is 11.8 Å². The van der Waals surface area contributed by atoms with Crippen molar-refractivity contribution >= 4 is 17.6 Å². The Labute approximate surface area is 154 Å². The van der Waals surface area contributed by atoms with Crippen molar-refractivity contribution in [3.63, 3.8) is 0 Å². The molecule has 3 heterocycles. The van der Waals surface area contributed by atoms with Crippen LogP contribution in [0.1, 0.15) is 22.0 Å². The van der Waals surface area contributed by atoms with Gasteiger partial charge in [-0.3, -0.25) is 23.9 Å². The number of primary amides is 1. The van der Waals surface area contributed by atoms with Crippen LogP contribution in [-0.4, -0.2) is 43.2 Å². The van der Waals surface area contributed by atoms with E-state index in [1.807, 2.05) is 0 Å². The number of hydrogen-bond acceptors (Lipinski definition) is 5. The Bertz CT molecular complexity index is 962. The highest BCUT2D eigenvalue weighted by Gasteiger charge is 2.27. The normalized spacial score (nSPS) is 11.7. The molecule has 2 amide bonds. The molecule has 0 saturated heterocycles. The van der Waals surface area contributed by atoms with Crippen molar-refractivity contribution in [3.05, 3.63) is 66.3 Å². The van der Waals surface area contributed by atoms with Crippen LogP contribution in [0.25, 0.3) is 5.69 Å². The molecule has 0 fully saturated rings. The maximum atomic E-state index is 12.8. The number of Topliss-reactive ketones (excluding diaryl/α,β-unsaturated/α-hetero) is 1. The molecule has 3 rings (SSSR count). The number of nitrogens with two attached hydrogens (primary N) is 1. The molecule has 27 heavy (non-hydrogen) atoms. The summed E-state index contributed by atoms with van der Waals surface area (Å²) >= 11 is 0. The van der Waals surface area contributed by atoms with Crippen molar-refractivity contribution in [2.24, 2.45) is 5.73 Å². The van der Waals surface area contributed by atoms with E-state index in [0.717, 1.165) is 0 Å². The van der Waals surface area contributed by atoms with Crippen LogP contribution in [0, 0.1) is 6.92 Å². The van der Waals surface area contributed by atoms with Gasteiger partial charge in [-0.05, 0) is 31.2 Å². The number of amides is 2. The number of aromatic nitrogens is 4. The number of ketones is 1. The van der Waals surface area contributed by atoms with Crippen molar-refractivity contribution in [3.8, 4) is 5.69 Å². The van der Waals surface area contributed by atoms with E-state index in [-0.39, 0.29) is 12.1 Å². The maximum Gasteiger partial charge on any atom is 0.287 e. The fraction of sp³-hybridized carbons (Fsp3) is 0.167. The van der Waals surface area contributed by atoms with Gasteiger partial charge in [0.1, 0.15) is 17.6 Å². The summed E-state index contributed by atoms with van der Waals surface area (Å²) in [7, 11) is 0. The summed E-state index contributed by atoms with van der Waals surface area (Å²) in [5.74, 6) is -1.93. The van der Waals surface area contributed by atoms with Crippen LogP contribution in [-0.2, 0) is 16.0 Å². The largest absolute Gasteiger partial charge is 0.365 e. The second-order valence-electron chi connectivity index (χ2n) is 5.89. The van der Waals surface area contributed by atoms with E-state index in [4.69, 9.17) is 5.73 Å². The highest BCUT2D eigenvalue weighted by Crippen LogP contribution is 2.14. The minimum Gasteiger partial charge on any atom is -0.365 e. The van der Waals surface area contributed by atoms with Gasteiger partial charge in [-0.2, -0.15) is 0 Å². The molecule has 3 aromatic heterocycles. The van der Waals surface area contributed by atoms with Crippen molar-refractivity contribution < 1.29 is 14.4 Å². The highest BCUT2D eigenvalue weighted by atomic mass is 16.2. The highest BCUT2D eigenvalue weighted by molar-refractivity contribution is 6.38. The van der Waals surface area contributed by atoms with Gasteiger partial charge in [-0.1, -0.05) is 0 Å². The van der Waals surface area contributed by atoms with Crippen molar-refractivity contribution in [1.29, 1.82) is 0 Å². The molecule has 0 bridgehead atoms. The first kappa shape index (κ1) is 18.1. The maximum absolute atomic E-state index is 12.8. The Morgan fingerprint density at radius 1 is 1.26 bits per heavy atom. The molecule has 0 saturated carbocycles. The molecule has 1 atom stereocenters. The van der Waals surface area contributed by atoms with Gasteiger partial charge in [0, 0.05) is 30.7 Å². The molecule has 1 unspecified atom stereocenters. The number of nitrogens with one attached hydrogen (secondary N) is 2. The molecule has 4 N–H and O–H groups in total. The van der Waals surface area contributed by atoms with E-state index >= 15 is 0 Å².